The molecule has 0 radical (unpaired) electrons. The van der Waals surface area contributed by atoms with E-state index in [9.17, 15) is 23.1 Å². The van der Waals surface area contributed by atoms with Gasteiger partial charge in [-0.15, -0.1) is 0 Å². The number of carbonyl (C=O) groups is 2. The maximum absolute atomic E-state index is 13.7. The minimum Gasteiger partial charge on any atom is -0.494 e. The first kappa shape index (κ1) is 34.1. The maximum atomic E-state index is 13.7. The largest absolute Gasteiger partial charge is 0.494 e. The van der Waals surface area contributed by atoms with Gasteiger partial charge in [0.2, 0.25) is 10.0 Å². The van der Waals surface area contributed by atoms with Crippen LogP contribution in [0, 0.1) is 13.8 Å². The molecule has 0 saturated carbocycles. The van der Waals surface area contributed by atoms with Gasteiger partial charge >= 0.3 is 11.9 Å². The van der Waals surface area contributed by atoms with Gasteiger partial charge in [0, 0.05) is 18.8 Å². The molecule has 3 N–H and O–H groups in total. The van der Waals surface area contributed by atoms with E-state index in [1.807, 2.05) is 72.8 Å². The second-order valence-corrected chi connectivity index (χ2v) is 12.6. The summed E-state index contributed by atoms with van der Waals surface area (Å²) in [4.78, 5) is 28.4. The number of sulfonamides is 1. The van der Waals surface area contributed by atoms with Crippen molar-refractivity contribution in [1.29, 1.82) is 0 Å². The molecule has 0 amide bonds. The van der Waals surface area contributed by atoms with Gasteiger partial charge in [-0.05, 0) is 78.8 Å². The molecule has 0 bridgehead atoms. The summed E-state index contributed by atoms with van der Waals surface area (Å²) in [5, 5.41) is 12.4. The number of hydrogen-bond donors (Lipinski definition) is 3. The highest BCUT2D eigenvalue weighted by atomic mass is 32.2. The molecule has 0 spiro atoms. The average Bonchev–Trinajstić information content (AvgIpc) is 3.00. The molecule has 1 aromatic heterocycles. The second kappa shape index (κ2) is 16.5. The maximum Gasteiger partial charge on any atom is 0.307 e. The lowest BCUT2D eigenvalue weighted by Crippen LogP contribution is -2.39. The number of ether oxygens (including phenoxy) is 2. The van der Waals surface area contributed by atoms with E-state index in [0.29, 0.717) is 35.6 Å². The number of rotatable bonds is 17. The lowest BCUT2D eigenvalue weighted by molar-refractivity contribution is -0.145. The van der Waals surface area contributed by atoms with Crippen LogP contribution >= 0.6 is 0 Å². The van der Waals surface area contributed by atoms with Crippen LogP contribution in [0.1, 0.15) is 40.7 Å². The van der Waals surface area contributed by atoms with Crippen LogP contribution in [0.3, 0.4) is 0 Å². The molecule has 0 aliphatic heterocycles. The van der Waals surface area contributed by atoms with Gasteiger partial charge in [-0.1, -0.05) is 60.7 Å². The summed E-state index contributed by atoms with van der Waals surface area (Å²) >= 11 is 0. The van der Waals surface area contributed by atoms with E-state index >= 15 is 0 Å². The molecule has 242 valence electrons. The number of nitrogens with zero attached hydrogens (tertiary/aromatic N) is 1. The number of benzene rings is 3. The third-order valence-electron chi connectivity index (χ3n) is 7.09. The van der Waals surface area contributed by atoms with Crippen LogP contribution in [-0.4, -0.2) is 49.6 Å². The van der Waals surface area contributed by atoms with Crippen molar-refractivity contribution < 1.29 is 32.6 Å². The monoisotopic (exact) mass is 645 g/mol. The van der Waals surface area contributed by atoms with E-state index in [-0.39, 0.29) is 30.8 Å². The molecule has 1 heterocycles. The summed E-state index contributed by atoms with van der Waals surface area (Å²) in [6, 6.07) is 24.5. The highest BCUT2D eigenvalue weighted by molar-refractivity contribution is 7.89. The van der Waals surface area contributed by atoms with Crippen molar-refractivity contribution in [3.63, 3.8) is 0 Å². The van der Waals surface area contributed by atoms with Crippen LogP contribution in [0.2, 0.25) is 0 Å². The molecule has 0 unspecified atom stereocenters. The van der Waals surface area contributed by atoms with Crippen molar-refractivity contribution in [2.45, 2.75) is 57.1 Å². The Morgan fingerprint density at radius 3 is 2.24 bits per heavy atom. The van der Waals surface area contributed by atoms with Crippen molar-refractivity contribution in [2.24, 2.45) is 0 Å². The quantitative estimate of drug-likeness (QED) is 0.104. The minimum atomic E-state index is -4.08. The third kappa shape index (κ3) is 10.7. The summed E-state index contributed by atoms with van der Waals surface area (Å²) in [5.41, 5.74) is 2.98. The van der Waals surface area contributed by atoms with Crippen LogP contribution in [0.5, 0.6) is 5.75 Å². The van der Waals surface area contributed by atoms with E-state index in [0.717, 1.165) is 23.4 Å². The summed E-state index contributed by atoms with van der Waals surface area (Å²) in [6.07, 6.45) is 2.31. The second-order valence-electron chi connectivity index (χ2n) is 11.0. The van der Waals surface area contributed by atoms with Crippen LogP contribution in [0.4, 0.5) is 5.82 Å². The van der Waals surface area contributed by atoms with Crippen molar-refractivity contribution in [3.8, 4) is 5.75 Å². The van der Waals surface area contributed by atoms with Crippen LogP contribution in [0.15, 0.2) is 96.0 Å². The van der Waals surface area contributed by atoms with E-state index in [2.05, 4.69) is 15.0 Å². The van der Waals surface area contributed by atoms with Crippen LogP contribution in [-0.2, 0) is 43.8 Å². The molecule has 1 atom stereocenters. The molecular weight excluding hydrogens is 606 g/mol. The first-order valence-electron chi connectivity index (χ1n) is 15.0. The number of nitrogens with one attached hydrogen (secondary N) is 2. The number of aliphatic carboxylic acids is 1. The number of carbonyl (C=O) groups excluding carboxylic acids is 1. The van der Waals surface area contributed by atoms with Gasteiger partial charge < -0.3 is 19.9 Å². The molecule has 4 rings (SSSR count). The van der Waals surface area contributed by atoms with Gasteiger partial charge in [-0.2, -0.15) is 0 Å². The van der Waals surface area contributed by atoms with Gasteiger partial charge in [0.25, 0.3) is 0 Å². The molecule has 10 nitrogen and oxygen atoms in total. The molecule has 0 fully saturated rings. The lowest BCUT2D eigenvalue weighted by atomic mass is 10.0. The number of esters is 1. The lowest BCUT2D eigenvalue weighted by Gasteiger charge is -2.21. The number of carboxylic acid groups (broad SMARTS) is 1. The summed E-state index contributed by atoms with van der Waals surface area (Å²) in [5.74, 6) is -0.0631. The van der Waals surface area contributed by atoms with Crippen molar-refractivity contribution in [2.75, 3.05) is 18.5 Å². The Morgan fingerprint density at radius 1 is 0.891 bits per heavy atom. The Hall–Kier alpha value is -4.74. The SMILES string of the molecule is Cc1cc(CC(=O)O)cc(C)c1S(=O)(=O)N[C@H](CC(=O)OCc1ccccc1)Cc1ccc(OCCCNc2ccccn2)cc1. The first-order chi connectivity index (χ1) is 22.1. The minimum absolute atomic E-state index is 0.0607. The molecule has 3 aromatic carbocycles. The zero-order chi connectivity index (χ0) is 32.9. The van der Waals surface area contributed by atoms with Crippen molar-refractivity contribution in [1.82, 2.24) is 9.71 Å². The standard InChI is InChI=1S/C35H39N3O7S/c1-25-19-29(22-33(39)40)20-26(2)35(25)46(42,43)38-30(23-34(41)45-24-28-9-4-3-5-10-28)21-27-12-14-31(15-13-27)44-18-8-17-37-32-11-6-7-16-36-32/h3-7,9-16,19-20,30,38H,8,17-18,21-24H2,1-2H3,(H,36,37)(H,39,40)/t30-/m0/s1. The van der Waals surface area contributed by atoms with Crippen LogP contribution < -0.4 is 14.8 Å². The smallest absolute Gasteiger partial charge is 0.307 e. The number of aromatic nitrogens is 1. The fourth-order valence-electron chi connectivity index (χ4n) is 5.12. The van der Waals surface area contributed by atoms with Gasteiger partial charge in [0.05, 0.1) is 24.3 Å². The Bertz CT molecular complexity index is 1670. The van der Waals surface area contributed by atoms with E-state index in [1.54, 1.807) is 32.2 Å². The Labute approximate surface area is 269 Å². The number of pyridine rings is 1. The van der Waals surface area contributed by atoms with Gasteiger partial charge in [-0.3, -0.25) is 9.59 Å². The molecule has 0 saturated heterocycles. The van der Waals surface area contributed by atoms with Crippen molar-refractivity contribution in [3.05, 3.63) is 119 Å². The predicted octanol–water partition coefficient (Wildman–Crippen LogP) is 5.23. The fourth-order valence-corrected chi connectivity index (χ4v) is 6.81. The van der Waals surface area contributed by atoms with E-state index < -0.39 is 28.0 Å². The van der Waals surface area contributed by atoms with Crippen LogP contribution in [0.25, 0.3) is 0 Å². The predicted molar refractivity (Wildman–Crippen MR) is 175 cm³/mol. The van der Waals surface area contributed by atoms with Gasteiger partial charge in [0.15, 0.2) is 0 Å². The Kier molecular flexibility index (Phi) is 12.3. The molecular formula is C35H39N3O7S. The van der Waals surface area contributed by atoms with Crippen molar-refractivity contribution >= 4 is 27.8 Å². The number of hydrogen-bond acceptors (Lipinski definition) is 8. The zero-order valence-electron chi connectivity index (χ0n) is 25.9. The fraction of sp³-hybridized carbons (Fsp3) is 0.286. The molecule has 11 heteroatoms. The number of carboxylic acids is 1. The normalized spacial score (nSPS) is 11.9. The van der Waals surface area contributed by atoms with Gasteiger partial charge in [0.1, 0.15) is 18.2 Å². The highest BCUT2D eigenvalue weighted by Gasteiger charge is 2.26. The Balaban J connectivity index is 1.42. The number of aryl methyl sites for hydroxylation is 2. The van der Waals surface area contributed by atoms with E-state index in [4.69, 9.17) is 9.47 Å². The Morgan fingerprint density at radius 2 is 1.59 bits per heavy atom. The van der Waals surface area contributed by atoms with Gasteiger partial charge in [-0.25, -0.2) is 18.1 Å². The third-order valence-corrected chi connectivity index (χ3v) is 8.91. The average molecular weight is 646 g/mol. The molecule has 0 aliphatic carbocycles. The molecule has 0 aliphatic rings. The molecule has 4 aromatic rings. The zero-order valence-corrected chi connectivity index (χ0v) is 26.8. The summed E-state index contributed by atoms with van der Waals surface area (Å²) in [6.45, 7) is 4.54. The first-order valence-corrected chi connectivity index (χ1v) is 16.5. The topological polar surface area (TPSA) is 144 Å². The summed E-state index contributed by atoms with van der Waals surface area (Å²) in [7, 11) is -4.08. The number of anilines is 1. The summed E-state index contributed by atoms with van der Waals surface area (Å²) < 4.78 is 41.4. The molecule has 46 heavy (non-hydrogen) atoms. The van der Waals surface area contributed by atoms with E-state index in [1.165, 1.54) is 0 Å². The highest BCUT2D eigenvalue weighted by Crippen LogP contribution is 2.24.